The fourth-order valence-electron chi connectivity index (χ4n) is 11.4. The highest BCUT2D eigenvalue weighted by atomic mass is 16.5. The van der Waals surface area contributed by atoms with Gasteiger partial charge in [0.1, 0.15) is 11.5 Å². The van der Waals surface area contributed by atoms with Gasteiger partial charge >= 0.3 is 0 Å². The summed E-state index contributed by atoms with van der Waals surface area (Å²) in [5, 5.41) is 0. The van der Waals surface area contributed by atoms with Crippen LogP contribution in [0.25, 0.3) is 0 Å². The van der Waals surface area contributed by atoms with E-state index >= 15 is 0 Å². The zero-order valence-corrected chi connectivity index (χ0v) is 36.4. The second-order valence-corrected chi connectivity index (χ2v) is 17.6. The van der Waals surface area contributed by atoms with E-state index in [1.807, 2.05) is 0 Å². The molecule has 10 aromatic carbocycles. The molecule has 10 aromatic rings. The average Bonchev–Trinajstić information content (AvgIpc) is 3.39. The Morgan fingerprint density at radius 2 is 0.463 bits per heavy atom. The summed E-state index contributed by atoms with van der Waals surface area (Å²) in [5.41, 5.74) is 21.0. The summed E-state index contributed by atoms with van der Waals surface area (Å²) in [6.45, 7) is 0.0195. The molecular formula is C60H40B2N4O. The van der Waals surface area contributed by atoms with E-state index in [0.29, 0.717) is 0 Å². The molecule has 0 amide bonds. The second kappa shape index (κ2) is 14.9. The van der Waals surface area contributed by atoms with Crippen molar-refractivity contribution in [1.29, 1.82) is 0 Å². The molecule has 14 rings (SSSR count). The van der Waals surface area contributed by atoms with Gasteiger partial charge in [-0.15, -0.1) is 0 Å². The number of rotatable bonds is 6. The maximum absolute atomic E-state index is 7.50. The van der Waals surface area contributed by atoms with Crippen LogP contribution in [0, 0.1) is 0 Å². The molecule has 0 aliphatic carbocycles. The molecule has 0 N–H and O–H groups in total. The normalized spacial score (nSPS) is 13.5. The Bertz CT molecular complexity index is 3090. The molecule has 0 saturated carbocycles. The Morgan fingerprint density at radius 3 is 0.716 bits per heavy atom. The van der Waals surface area contributed by atoms with Crippen LogP contribution in [0.5, 0.6) is 11.5 Å². The summed E-state index contributed by atoms with van der Waals surface area (Å²) >= 11 is 0. The molecule has 0 atom stereocenters. The third kappa shape index (κ3) is 5.71. The molecule has 0 radical (unpaired) electrons. The lowest BCUT2D eigenvalue weighted by atomic mass is 9.33. The maximum atomic E-state index is 7.50. The van der Waals surface area contributed by atoms with Crippen LogP contribution in [0.3, 0.4) is 0 Å². The van der Waals surface area contributed by atoms with Crippen molar-refractivity contribution in [2.75, 3.05) is 19.6 Å². The van der Waals surface area contributed by atoms with Gasteiger partial charge in [0.2, 0.25) is 0 Å². The predicted molar refractivity (Wildman–Crippen MR) is 281 cm³/mol. The van der Waals surface area contributed by atoms with Gasteiger partial charge in [0.05, 0.1) is 0 Å². The topological polar surface area (TPSA) is 22.2 Å². The lowest BCUT2D eigenvalue weighted by Crippen LogP contribution is -2.61. The largest absolute Gasteiger partial charge is 0.457 e. The van der Waals surface area contributed by atoms with E-state index in [1.54, 1.807) is 0 Å². The number of para-hydroxylation sites is 8. The van der Waals surface area contributed by atoms with Crippen molar-refractivity contribution >= 4 is 114 Å². The fraction of sp³-hybridized carbons (Fsp3) is 0. The minimum atomic E-state index is 0.00973. The molecule has 7 heteroatoms. The molecule has 4 heterocycles. The number of hydrogen-bond donors (Lipinski definition) is 0. The van der Waals surface area contributed by atoms with Crippen LogP contribution in [0.4, 0.5) is 68.2 Å². The summed E-state index contributed by atoms with van der Waals surface area (Å²) in [6.07, 6.45) is 0. The summed E-state index contributed by atoms with van der Waals surface area (Å²) in [6, 6.07) is 87.8. The predicted octanol–water partition coefficient (Wildman–Crippen LogP) is 11.6. The molecule has 0 aromatic heterocycles. The summed E-state index contributed by atoms with van der Waals surface area (Å²) < 4.78 is 7.50. The first kappa shape index (κ1) is 37.7. The number of nitrogens with zero attached hydrogens (tertiary/aromatic N) is 4. The number of hydrogen-bond acceptors (Lipinski definition) is 5. The van der Waals surface area contributed by atoms with Gasteiger partial charge in [0.25, 0.3) is 13.4 Å². The van der Waals surface area contributed by atoms with Crippen molar-refractivity contribution in [2.45, 2.75) is 0 Å². The van der Waals surface area contributed by atoms with Gasteiger partial charge in [-0.2, -0.15) is 0 Å². The minimum absolute atomic E-state index is 0.00973. The van der Waals surface area contributed by atoms with Crippen molar-refractivity contribution in [3.63, 3.8) is 0 Å². The van der Waals surface area contributed by atoms with Crippen molar-refractivity contribution < 1.29 is 4.74 Å². The van der Waals surface area contributed by atoms with Crippen LogP contribution in [0.1, 0.15) is 0 Å². The zero-order valence-electron chi connectivity index (χ0n) is 36.4. The summed E-state index contributed by atoms with van der Waals surface area (Å²) in [4.78, 5) is 9.71. The zero-order chi connectivity index (χ0) is 44.0. The summed E-state index contributed by atoms with van der Waals surface area (Å²) in [5.74, 6) is 1.50. The van der Waals surface area contributed by atoms with Gasteiger partial charge in [0.15, 0.2) is 0 Å². The van der Waals surface area contributed by atoms with Crippen molar-refractivity contribution in [3.8, 4) is 11.5 Å². The molecule has 0 unspecified atom stereocenters. The van der Waals surface area contributed by atoms with Crippen molar-refractivity contribution in [2.24, 2.45) is 0 Å². The fourth-order valence-corrected chi connectivity index (χ4v) is 11.4. The number of fused-ring (bicyclic) bond motifs is 8. The van der Waals surface area contributed by atoms with Gasteiger partial charge in [0, 0.05) is 92.5 Å². The molecule has 0 fully saturated rings. The van der Waals surface area contributed by atoms with E-state index in [0.717, 1.165) is 79.7 Å². The third-order valence-electron chi connectivity index (χ3n) is 14.0. The highest BCUT2D eigenvalue weighted by Gasteiger charge is 2.45. The van der Waals surface area contributed by atoms with Gasteiger partial charge in [-0.3, -0.25) is 0 Å². The molecule has 0 bridgehead atoms. The van der Waals surface area contributed by atoms with E-state index in [-0.39, 0.29) is 13.4 Å². The Labute approximate surface area is 391 Å². The van der Waals surface area contributed by atoms with Crippen LogP contribution < -0.4 is 57.1 Å². The molecule has 0 saturated heterocycles. The van der Waals surface area contributed by atoms with Crippen LogP contribution >= 0.6 is 0 Å². The Morgan fingerprint density at radius 1 is 0.239 bits per heavy atom. The van der Waals surface area contributed by atoms with Gasteiger partial charge in [-0.1, -0.05) is 146 Å². The first-order valence-corrected chi connectivity index (χ1v) is 23.1. The van der Waals surface area contributed by atoms with E-state index in [4.69, 9.17) is 4.74 Å². The Hall–Kier alpha value is -8.67. The smallest absolute Gasteiger partial charge is 0.252 e. The standard InChI is InChI=1S/C60H40B2N4O/c1-5-21-41(22-6-1)63-51-33-17-13-29-47(51)61-48-30-14-18-34-52(48)64(42-23-7-2-8-24-42)56-38-45(37-55(63)59(56)61)67-46-39-57-60-58(40-46)66(44-27-11-4-12-28-44)54-36-20-16-32-50(54)62(60)49-31-15-19-35-53(49)65(57)43-25-9-3-10-26-43/h1-40H. The van der Waals surface area contributed by atoms with Crippen molar-refractivity contribution in [3.05, 3.63) is 243 Å². The highest BCUT2D eigenvalue weighted by Crippen LogP contribution is 2.49. The Kier molecular flexibility index (Phi) is 8.40. The monoisotopic (exact) mass is 854 g/mol. The van der Waals surface area contributed by atoms with Crippen molar-refractivity contribution in [1.82, 2.24) is 0 Å². The van der Waals surface area contributed by atoms with E-state index in [2.05, 4.69) is 262 Å². The van der Waals surface area contributed by atoms with E-state index in [9.17, 15) is 0 Å². The molecule has 4 aliphatic rings. The molecule has 312 valence electrons. The number of ether oxygens (including phenoxy) is 1. The number of anilines is 12. The molecular weight excluding hydrogens is 814 g/mol. The maximum Gasteiger partial charge on any atom is 0.252 e. The van der Waals surface area contributed by atoms with Crippen LogP contribution in [-0.4, -0.2) is 13.4 Å². The lowest BCUT2D eigenvalue weighted by Gasteiger charge is -2.44. The van der Waals surface area contributed by atoms with E-state index in [1.165, 1.54) is 32.8 Å². The highest BCUT2D eigenvalue weighted by molar-refractivity contribution is 7.01. The minimum Gasteiger partial charge on any atom is -0.457 e. The van der Waals surface area contributed by atoms with Crippen LogP contribution in [0.2, 0.25) is 0 Å². The lowest BCUT2D eigenvalue weighted by molar-refractivity contribution is 0.483. The molecule has 5 nitrogen and oxygen atoms in total. The Balaban J connectivity index is 1.04. The number of benzene rings is 10. The van der Waals surface area contributed by atoms with E-state index < -0.39 is 0 Å². The van der Waals surface area contributed by atoms with Gasteiger partial charge < -0.3 is 24.3 Å². The molecule has 4 aliphatic heterocycles. The average molecular weight is 855 g/mol. The van der Waals surface area contributed by atoms with Crippen LogP contribution in [-0.2, 0) is 0 Å². The third-order valence-corrected chi connectivity index (χ3v) is 14.0. The SMILES string of the molecule is c1ccc(N2c3ccccc3B3c4ccccc4N(c4ccccc4)c4cc(Oc5cc6c7c(c5)N(c5ccccc5)c5ccccc5B7c5ccccc5N6c5ccccc5)cc2c43)cc1. The van der Waals surface area contributed by atoms with Gasteiger partial charge in [-0.05, 0) is 106 Å². The summed E-state index contributed by atoms with van der Waals surface area (Å²) in [7, 11) is 0. The van der Waals surface area contributed by atoms with Gasteiger partial charge in [-0.25, -0.2) is 0 Å². The molecule has 0 spiro atoms. The quantitative estimate of drug-likeness (QED) is 0.155. The second-order valence-electron chi connectivity index (χ2n) is 17.6. The first-order chi connectivity index (χ1) is 33.3. The first-order valence-electron chi connectivity index (χ1n) is 23.1. The van der Waals surface area contributed by atoms with Crippen LogP contribution in [0.15, 0.2) is 243 Å². The molecule has 67 heavy (non-hydrogen) atoms.